The zero-order valence-corrected chi connectivity index (χ0v) is 15.6. The maximum absolute atomic E-state index is 13.1. The molecule has 3 saturated heterocycles. The van der Waals surface area contributed by atoms with Crippen LogP contribution >= 0.6 is 0 Å². The van der Waals surface area contributed by atoms with Gasteiger partial charge in [-0.25, -0.2) is 0 Å². The summed E-state index contributed by atoms with van der Waals surface area (Å²) in [4.78, 5) is 17.6. The van der Waals surface area contributed by atoms with Crippen molar-refractivity contribution in [3.63, 3.8) is 0 Å². The van der Waals surface area contributed by atoms with Crippen molar-refractivity contribution in [3.05, 3.63) is 18.0 Å². The number of ether oxygens (including phenoxy) is 1. The third-order valence-corrected chi connectivity index (χ3v) is 5.93. The molecule has 3 aliphatic heterocycles. The molecule has 7 heteroatoms. The normalized spacial score (nSPS) is 28.2. The van der Waals surface area contributed by atoms with E-state index in [4.69, 9.17) is 4.74 Å². The van der Waals surface area contributed by atoms with Gasteiger partial charge in [-0.2, -0.15) is 5.10 Å². The van der Waals surface area contributed by atoms with Crippen LogP contribution in [0.15, 0.2) is 12.3 Å². The second-order valence-electron chi connectivity index (χ2n) is 7.74. The highest BCUT2D eigenvalue weighted by Gasteiger charge is 2.30. The Morgan fingerprint density at radius 2 is 2.08 bits per heavy atom. The molecule has 3 fully saturated rings. The summed E-state index contributed by atoms with van der Waals surface area (Å²) in [6.07, 6.45) is 7.68. The Hall–Kier alpha value is -1.44. The number of piperidine rings is 2. The number of rotatable bonds is 4. The highest BCUT2D eigenvalue weighted by atomic mass is 16.5. The molecule has 1 amide bonds. The summed E-state index contributed by atoms with van der Waals surface area (Å²) < 4.78 is 7.44. The van der Waals surface area contributed by atoms with Crippen molar-refractivity contribution in [2.45, 2.75) is 44.2 Å². The minimum atomic E-state index is 0.102. The Kier molecular flexibility index (Phi) is 5.87. The molecule has 7 nitrogen and oxygen atoms in total. The van der Waals surface area contributed by atoms with E-state index in [2.05, 4.69) is 20.2 Å². The minimum absolute atomic E-state index is 0.102. The van der Waals surface area contributed by atoms with Gasteiger partial charge in [0.15, 0.2) is 0 Å². The molecule has 1 aromatic rings. The molecule has 144 valence electrons. The number of hydrogen-bond acceptors (Lipinski definition) is 5. The minimum Gasteiger partial charge on any atom is -0.379 e. The molecule has 4 rings (SSSR count). The monoisotopic (exact) mass is 361 g/mol. The summed E-state index contributed by atoms with van der Waals surface area (Å²) in [7, 11) is 0. The molecule has 0 spiro atoms. The molecule has 0 bridgehead atoms. The van der Waals surface area contributed by atoms with Crippen LogP contribution in [0, 0.1) is 0 Å². The molecule has 1 aromatic heterocycles. The average molecular weight is 361 g/mol. The van der Waals surface area contributed by atoms with Crippen molar-refractivity contribution < 1.29 is 9.53 Å². The lowest BCUT2D eigenvalue weighted by Crippen LogP contribution is -2.51. The van der Waals surface area contributed by atoms with E-state index in [1.807, 2.05) is 16.9 Å². The van der Waals surface area contributed by atoms with Crippen LogP contribution in [-0.4, -0.2) is 84.0 Å². The molecule has 2 unspecified atom stereocenters. The first-order valence-corrected chi connectivity index (χ1v) is 10.2. The lowest BCUT2D eigenvalue weighted by Gasteiger charge is -2.39. The first kappa shape index (κ1) is 17.9. The van der Waals surface area contributed by atoms with E-state index in [1.165, 1.54) is 12.8 Å². The number of nitrogens with one attached hydrogen (secondary N) is 1. The molecule has 4 heterocycles. The van der Waals surface area contributed by atoms with E-state index in [-0.39, 0.29) is 5.91 Å². The number of carbonyl (C=O) groups is 1. The third-order valence-electron chi connectivity index (χ3n) is 5.93. The Balaban J connectivity index is 1.42. The van der Waals surface area contributed by atoms with Crippen LogP contribution in [0.1, 0.15) is 48.6 Å². The predicted molar refractivity (Wildman–Crippen MR) is 99.3 cm³/mol. The van der Waals surface area contributed by atoms with Gasteiger partial charge in [0.1, 0.15) is 5.69 Å². The van der Waals surface area contributed by atoms with Gasteiger partial charge in [0.05, 0.1) is 19.3 Å². The number of amides is 1. The van der Waals surface area contributed by atoms with Crippen molar-refractivity contribution in [1.82, 2.24) is 24.9 Å². The third kappa shape index (κ3) is 4.10. The Bertz CT molecular complexity index is 593. The number of likely N-dealkylation sites (tertiary alicyclic amines) is 1. The first-order valence-electron chi connectivity index (χ1n) is 10.2. The van der Waals surface area contributed by atoms with Crippen molar-refractivity contribution in [1.29, 1.82) is 0 Å². The molecule has 0 radical (unpaired) electrons. The summed E-state index contributed by atoms with van der Waals surface area (Å²) in [5, 5.41) is 8.06. The zero-order chi connectivity index (χ0) is 17.8. The molecule has 3 aliphatic rings. The standard InChI is InChI=1S/C19H31N5O2/c25-19(18-6-9-24(21-18)16-5-3-7-20-14-16)23-8-2-1-4-17(23)15-22-10-12-26-13-11-22/h6,9,16-17,20H,1-5,7-8,10-15H2. The lowest BCUT2D eigenvalue weighted by molar-refractivity contribution is 0.0164. The number of nitrogens with zero attached hydrogens (tertiary/aromatic N) is 4. The predicted octanol–water partition coefficient (Wildman–Crippen LogP) is 1.13. The number of hydrogen-bond donors (Lipinski definition) is 1. The fourth-order valence-electron chi connectivity index (χ4n) is 4.40. The molecular weight excluding hydrogens is 330 g/mol. The van der Waals surface area contributed by atoms with Crippen LogP contribution in [0.5, 0.6) is 0 Å². The molecule has 0 saturated carbocycles. The quantitative estimate of drug-likeness (QED) is 0.871. The fraction of sp³-hybridized carbons (Fsp3) is 0.789. The SMILES string of the molecule is O=C(c1ccn(C2CCCNC2)n1)N1CCCCC1CN1CCOCC1. The summed E-state index contributed by atoms with van der Waals surface area (Å²) in [5.74, 6) is 0.102. The van der Waals surface area contributed by atoms with Crippen LogP contribution < -0.4 is 5.32 Å². The van der Waals surface area contributed by atoms with Gasteiger partial charge in [0, 0.05) is 45.0 Å². The largest absolute Gasteiger partial charge is 0.379 e. The van der Waals surface area contributed by atoms with Gasteiger partial charge in [-0.3, -0.25) is 14.4 Å². The van der Waals surface area contributed by atoms with Gasteiger partial charge in [-0.05, 0) is 44.7 Å². The lowest BCUT2D eigenvalue weighted by atomic mass is 10.0. The van der Waals surface area contributed by atoms with E-state index in [9.17, 15) is 4.79 Å². The maximum atomic E-state index is 13.1. The van der Waals surface area contributed by atoms with E-state index >= 15 is 0 Å². The van der Waals surface area contributed by atoms with E-state index in [0.717, 1.165) is 71.7 Å². The molecule has 2 atom stereocenters. The van der Waals surface area contributed by atoms with Crippen molar-refractivity contribution in [2.75, 3.05) is 52.5 Å². The van der Waals surface area contributed by atoms with Gasteiger partial charge in [-0.15, -0.1) is 0 Å². The molecular formula is C19H31N5O2. The summed E-state index contributed by atoms with van der Waals surface area (Å²) in [5.41, 5.74) is 0.601. The molecule has 26 heavy (non-hydrogen) atoms. The number of morpholine rings is 1. The second-order valence-corrected chi connectivity index (χ2v) is 7.74. The van der Waals surface area contributed by atoms with Gasteiger partial charge in [-0.1, -0.05) is 0 Å². The van der Waals surface area contributed by atoms with Crippen molar-refractivity contribution in [3.8, 4) is 0 Å². The van der Waals surface area contributed by atoms with Gasteiger partial charge in [0.2, 0.25) is 0 Å². The first-order chi connectivity index (χ1) is 12.8. The van der Waals surface area contributed by atoms with Gasteiger partial charge >= 0.3 is 0 Å². The Labute approximate surface area is 155 Å². The number of carbonyl (C=O) groups excluding carboxylic acids is 1. The Morgan fingerprint density at radius 3 is 2.88 bits per heavy atom. The highest BCUT2D eigenvalue weighted by Crippen LogP contribution is 2.22. The van der Waals surface area contributed by atoms with Gasteiger partial charge in [0.25, 0.3) is 5.91 Å². The van der Waals surface area contributed by atoms with Crippen LogP contribution in [0.25, 0.3) is 0 Å². The van der Waals surface area contributed by atoms with Crippen molar-refractivity contribution >= 4 is 5.91 Å². The summed E-state index contributed by atoms with van der Waals surface area (Å²) in [6, 6.07) is 2.57. The van der Waals surface area contributed by atoms with E-state index in [0.29, 0.717) is 17.8 Å². The van der Waals surface area contributed by atoms with Crippen LogP contribution in [0.4, 0.5) is 0 Å². The average Bonchev–Trinajstić information content (AvgIpc) is 3.20. The van der Waals surface area contributed by atoms with E-state index in [1.54, 1.807) is 0 Å². The molecule has 1 N–H and O–H groups in total. The Morgan fingerprint density at radius 1 is 1.19 bits per heavy atom. The summed E-state index contributed by atoms with van der Waals surface area (Å²) in [6.45, 7) is 7.40. The van der Waals surface area contributed by atoms with Crippen LogP contribution in [-0.2, 0) is 4.74 Å². The van der Waals surface area contributed by atoms with Crippen molar-refractivity contribution in [2.24, 2.45) is 0 Å². The smallest absolute Gasteiger partial charge is 0.274 e. The van der Waals surface area contributed by atoms with Crippen LogP contribution in [0.3, 0.4) is 0 Å². The topological polar surface area (TPSA) is 62.6 Å². The van der Waals surface area contributed by atoms with Gasteiger partial charge < -0.3 is 15.0 Å². The number of aromatic nitrogens is 2. The zero-order valence-electron chi connectivity index (χ0n) is 15.6. The van der Waals surface area contributed by atoms with Crippen LogP contribution in [0.2, 0.25) is 0 Å². The fourth-order valence-corrected chi connectivity index (χ4v) is 4.40. The van der Waals surface area contributed by atoms with E-state index < -0.39 is 0 Å². The maximum Gasteiger partial charge on any atom is 0.274 e. The highest BCUT2D eigenvalue weighted by molar-refractivity contribution is 5.92. The summed E-state index contributed by atoms with van der Waals surface area (Å²) >= 11 is 0. The molecule has 0 aromatic carbocycles. The molecule has 0 aliphatic carbocycles. The second kappa shape index (κ2) is 8.50.